The van der Waals surface area contributed by atoms with Crippen LogP contribution in [0.15, 0.2) is 42.5 Å². The predicted molar refractivity (Wildman–Crippen MR) is 101 cm³/mol. The average molecular weight is 365 g/mol. The highest BCUT2D eigenvalue weighted by Gasteiger charge is 2.33. The molecule has 2 aromatic rings. The fraction of sp³-hybridized carbons (Fsp3) is 0.316. The van der Waals surface area contributed by atoms with E-state index in [9.17, 15) is 4.79 Å². The summed E-state index contributed by atoms with van der Waals surface area (Å²) < 4.78 is 0. The van der Waals surface area contributed by atoms with Crippen LogP contribution in [-0.4, -0.2) is 18.5 Å². The Bertz CT molecular complexity index is 716. The molecule has 5 heteroatoms. The topological polar surface area (TPSA) is 55.1 Å². The highest BCUT2D eigenvalue weighted by Crippen LogP contribution is 2.29. The van der Waals surface area contributed by atoms with E-state index in [0.717, 1.165) is 23.1 Å². The molecule has 0 aliphatic carbocycles. The van der Waals surface area contributed by atoms with Gasteiger partial charge in [0.2, 0.25) is 5.91 Å². The number of hydrogen-bond donors (Lipinski definition) is 2. The van der Waals surface area contributed by atoms with Gasteiger partial charge in [-0.25, -0.2) is 0 Å². The Balaban J connectivity index is 2.25. The van der Waals surface area contributed by atoms with Crippen LogP contribution < -0.4 is 11.1 Å². The minimum atomic E-state index is -0.708. The van der Waals surface area contributed by atoms with Crippen LogP contribution in [0.3, 0.4) is 0 Å². The molecule has 0 fully saturated rings. The zero-order chi connectivity index (χ0) is 17.7. The molecule has 0 saturated carbocycles. The lowest BCUT2D eigenvalue weighted by Crippen LogP contribution is -2.55. The van der Waals surface area contributed by atoms with E-state index in [2.05, 4.69) is 5.32 Å². The van der Waals surface area contributed by atoms with Crippen molar-refractivity contribution in [2.45, 2.75) is 31.7 Å². The van der Waals surface area contributed by atoms with Gasteiger partial charge in [-0.2, -0.15) is 0 Å². The molecular formula is C19H22Cl2N2O. The quantitative estimate of drug-likeness (QED) is 0.762. The van der Waals surface area contributed by atoms with Crippen molar-refractivity contribution < 1.29 is 4.79 Å². The second-order valence-electron chi connectivity index (χ2n) is 5.95. The Hall–Kier alpha value is -1.55. The fourth-order valence-electron chi connectivity index (χ4n) is 2.90. The summed E-state index contributed by atoms with van der Waals surface area (Å²) in [6.45, 7) is 2.04. The fourth-order valence-corrected chi connectivity index (χ4v) is 3.20. The third kappa shape index (κ3) is 4.10. The van der Waals surface area contributed by atoms with Crippen LogP contribution in [0.5, 0.6) is 0 Å². The molecule has 2 aromatic carbocycles. The van der Waals surface area contributed by atoms with Gasteiger partial charge in [0.25, 0.3) is 0 Å². The molecule has 24 heavy (non-hydrogen) atoms. The number of carbonyl (C=O) groups is 1. The second kappa shape index (κ2) is 8.02. The summed E-state index contributed by atoms with van der Waals surface area (Å²) in [6, 6.07) is 13.6. The van der Waals surface area contributed by atoms with Crippen molar-refractivity contribution in [1.82, 2.24) is 5.32 Å². The summed E-state index contributed by atoms with van der Waals surface area (Å²) >= 11 is 12.0. The number of primary amides is 1. The number of nitrogens with two attached hydrogens (primary N) is 1. The third-order valence-corrected chi connectivity index (χ3v) is 5.08. The number of carbonyl (C=O) groups excluding carboxylic acids is 1. The molecule has 0 aliphatic rings. The molecular weight excluding hydrogens is 343 g/mol. The van der Waals surface area contributed by atoms with Gasteiger partial charge in [0.1, 0.15) is 5.54 Å². The highest BCUT2D eigenvalue weighted by atomic mass is 35.5. The van der Waals surface area contributed by atoms with E-state index in [1.807, 2.05) is 43.3 Å². The first-order valence-electron chi connectivity index (χ1n) is 7.95. The standard InChI is InChI=1S/C19H22Cl2N2O/c1-3-10-19(23-2,18(22)24)12-13-4-6-14(7-5-13)15-8-9-16(20)17(21)11-15/h4-9,11,23H,3,10,12H2,1-2H3,(H2,22,24). The van der Waals surface area contributed by atoms with E-state index >= 15 is 0 Å². The summed E-state index contributed by atoms with van der Waals surface area (Å²) in [6.07, 6.45) is 2.15. The summed E-state index contributed by atoms with van der Waals surface area (Å²) in [5.74, 6) is -0.319. The van der Waals surface area contributed by atoms with E-state index in [4.69, 9.17) is 28.9 Å². The van der Waals surface area contributed by atoms with Crippen LogP contribution in [-0.2, 0) is 11.2 Å². The molecule has 1 amide bonds. The minimum absolute atomic E-state index is 0.319. The molecule has 128 valence electrons. The first-order valence-corrected chi connectivity index (χ1v) is 8.70. The van der Waals surface area contributed by atoms with Crippen molar-refractivity contribution >= 4 is 29.1 Å². The number of halogens is 2. The van der Waals surface area contributed by atoms with Crippen LogP contribution in [0.1, 0.15) is 25.3 Å². The van der Waals surface area contributed by atoms with E-state index in [0.29, 0.717) is 22.9 Å². The van der Waals surface area contributed by atoms with Gasteiger partial charge < -0.3 is 11.1 Å². The number of rotatable bonds is 7. The van der Waals surface area contributed by atoms with Crippen molar-refractivity contribution in [3.63, 3.8) is 0 Å². The van der Waals surface area contributed by atoms with Crippen molar-refractivity contribution in [3.05, 3.63) is 58.1 Å². The highest BCUT2D eigenvalue weighted by molar-refractivity contribution is 6.42. The second-order valence-corrected chi connectivity index (χ2v) is 6.76. The lowest BCUT2D eigenvalue weighted by Gasteiger charge is -2.30. The Morgan fingerprint density at radius 3 is 2.21 bits per heavy atom. The molecule has 2 rings (SSSR count). The minimum Gasteiger partial charge on any atom is -0.368 e. The van der Waals surface area contributed by atoms with Crippen LogP contribution in [0, 0.1) is 0 Å². The van der Waals surface area contributed by atoms with Crippen molar-refractivity contribution in [2.75, 3.05) is 7.05 Å². The molecule has 1 atom stereocenters. The van der Waals surface area contributed by atoms with Gasteiger partial charge in [0.15, 0.2) is 0 Å². The maximum atomic E-state index is 11.9. The van der Waals surface area contributed by atoms with E-state index in [1.54, 1.807) is 13.1 Å². The lowest BCUT2D eigenvalue weighted by molar-refractivity contribution is -0.124. The maximum Gasteiger partial charge on any atom is 0.238 e. The molecule has 1 unspecified atom stereocenters. The van der Waals surface area contributed by atoms with Gasteiger partial charge in [-0.1, -0.05) is 66.9 Å². The first-order chi connectivity index (χ1) is 11.4. The Labute approximate surface area is 153 Å². The first kappa shape index (κ1) is 18.8. The predicted octanol–water partition coefficient (Wildman–Crippen LogP) is 4.45. The Morgan fingerprint density at radius 2 is 1.71 bits per heavy atom. The summed E-state index contributed by atoms with van der Waals surface area (Å²) in [5, 5.41) is 4.19. The number of hydrogen-bond acceptors (Lipinski definition) is 2. The molecule has 0 heterocycles. The van der Waals surface area contributed by atoms with Crippen LogP contribution in [0.25, 0.3) is 11.1 Å². The summed E-state index contributed by atoms with van der Waals surface area (Å²) in [5.41, 5.74) is 8.03. The molecule has 0 radical (unpaired) electrons. The Morgan fingerprint density at radius 1 is 1.08 bits per heavy atom. The maximum absolute atomic E-state index is 11.9. The molecule has 0 aliphatic heterocycles. The number of amides is 1. The van der Waals surface area contributed by atoms with Gasteiger partial charge >= 0.3 is 0 Å². The number of likely N-dealkylation sites (N-methyl/N-ethyl adjacent to an activating group) is 1. The Kier molecular flexibility index (Phi) is 6.27. The molecule has 0 aromatic heterocycles. The number of benzene rings is 2. The monoisotopic (exact) mass is 364 g/mol. The normalized spacial score (nSPS) is 13.5. The van der Waals surface area contributed by atoms with Gasteiger partial charge in [-0.05, 0) is 48.7 Å². The zero-order valence-corrected chi connectivity index (χ0v) is 15.4. The van der Waals surface area contributed by atoms with Crippen LogP contribution in [0.4, 0.5) is 0 Å². The van der Waals surface area contributed by atoms with E-state index in [1.165, 1.54) is 0 Å². The SMILES string of the molecule is CCCC(Cc1ccc(-c2ccc(Cl)c(Cl)c2)cc1)(NC)C(N)=O. The molecule has 0 saturated heterocycles. The molecule has 0 spiro atoms. The summed E-state index contributed by atoms with van der Waals surface area (Å²) in [7, 11) is 1.78. The zero-order valence-electron chi connectivity index (χ0n) is 13.9. The van der Waals surface area contributed by atoms with Gasteiger partial charge in [-0.3, -0.25) is 4.79 Å². The van der Waals surface area contributed by atoms with E-state index < -0.39 is 5.54 Å². The van der Waals surface area contributed by atoms with Crippen LogP contribution in [0.2, 0.25) is 10.0 Å². The van der Waals surface area contributed by atoms with E-state index in [-0.39, 0.29) is 5.91 Å². The van der Waals surface area contributed by atoms with Crippen molar-refractivity contribution in [1.29, 1.82) is 0 Å². The van der Waals surface area contributed by atoms with Crippen LogP contribution >= 0.6 is 23.2 Å². The smallest absolute Gasteiger partial charge is 0.238 e. The number of nitrogens with one attached hydrogen (secondary N) is 1. The largest absolute Gasteiger partial charge is 0.368 e. The lowest BCUT2D eigenvalue weighted by atomic mass is 9.85. The molecule has 0 bridgehead atoms. The molecule has 3 nitrogen and oxygen atoms in total. The van der Waals surface area contributed by atoms with Gasteiger partial charge in [0.05, 0.1) is 10.0 Å². The van der Waals surface area contributed by atoms with Gasteiger partial charge in [0, 0.05) is 0 Å². The van der Waals surface area contributed by atoms with Crippen molar-refractivity contribution in [2.24, 2.45) is 5.73 Å². The molecule has 3 N–H and O–H groups in total. The summed E-state index contributed by atoms with van der Waals surface area (Å²) in [4.78, 5) is 11.9. The van der Waals surface area contributed by atoms with Crippen molar-refractivity contribution in [3.8, 4) is 11.1 Å². The van der Waals surface area contributed by atoms with Gasteiger partial charge in [-0.15, -0.1) is 0 Å². The third-order valence-electron chi connectivity index (χ3n) is 4.34. The average Bonchev–Trinajstić information content (AvgIpc) is 2.57.